The number of aryl methyl sites for hydroxylation is 2. The number of aliphatic hydroxyl groups excluding tert-OH is 1. The third-order valence-electron chi connectivity index (χ3n) is 3.00. The molecule has 5 nitrogen and oxygen atoms in total. The predicted molar refractivity (Wildman–Crippen MR) is 70.9 cm³/mol. The van der Waals surface area contributed by atoms with E-state index in [0.717, 1.165) is 16.7 Å². The molecule has 19 heavy (non-hydrogen) atoms. The van der Waals surface area contributed by atoms with Crippen LogP contribution < -0.4 is 5.32 Å². The zero-order chi connectivity index (χ0) is 14.6. The van der Waals surface area contributed by atoms with Crippen molar-refractivity contribution < 1.29 is 19.8 Å². The highest BCUT2D eigenvalue weighted by Crippen LogP contribution is 2.10. The molecule has 0 radical (unpaired) electrons. The van der Waals surface area contributed by atoms with Gasteiger partial charge in [-0.2, -0.15) is 0 Å². The number of amides is 1. The van der Waals surface area contributed by atoms with Crippen molar-refractivity contribution in [1.82, 2.24) is 5.32 Å². The zero-order valence-electron chi connectivity index (χ0n) is 11.3. The minimum atomic E-state index is -1.28. The molecular formula is C14H19NO4. The van der Waals surface area contributed by atoms with E-state index in [0.29, 0.717) is 0 Å². The Hall–Kier alpha value is -1.88. The Balaban J connectivity index is 2.69. The highest BCUT2D eigenvalue weighted by Gasteiger charge is 2.24. The molecule has 2 atom stereocenters. The van der Waals surface area contributed by atoms with Gasteiger partial charge in [0.1, 0.15) is 0 Å². The van der Waals surface area contributed by atoms with Crippen molar-refractivity contribution in [3.05, 3.63) is 34.9 Å². The maximum Gasteiger partial charge on any atom is 0.328 e. The van der Waals surface area contributed by atoms with E-state index < -0.39 is 24.0 Å². The standard InChI is InChI=1S/C14H19NO4/c1-8-4-5-11(6-9(8)2)7-12(17)15-13(10(3)16)14(18)19/h4-6,10,13,16H,7H2,1-3H3,(H,15,17)(H,18,19). The number of carboxylic acid groups (broad SMARTS) is 1. The molecule has 0 saturated heterocycles. The van der Waals surface area contributed by atoms with Crippen molar-refractivity contribution >= 4 is 11.9 Å². The lowest BCUT2D eigenvalue weighted by Crippen LogP contribution is -2.48. The second-order valence-corrected chi connectivity index (χ2v) is 4.72. The first-order valence-corrected chi connectivity index (χ1v) is 6.07. The Morgan fingerprint density at radius 2 is 1.89 bits per heavy atom. The van der Waals surface area contributed by atoms with Gasteiger partial charge in [-0.25, -0.2) is 4.79 Å². The summed E-state index contributed by atoms with van der Waals surface area (Å²) in [5.74, 6) is -1.67. The van der Waals surface area contributed by atoms with Crippen LogP contribution in [0.1, 0.15) is 23.6 Å². The summed E-state index contributed by atoms with van der Waals surface area (Å²) in [5.41, 5.74) is 3.03. The smallest absolute Gasteiger partial charge is 0.328 e. The highest BCUT2D eigenvalue weighted by molar-refractivity contribution is 5.85. The van der Waals surface area contributed by atoms with Crippen molar-refractivity contribution in [2.75, 3.05) is 0 Å². The summed E-state index contributed by atoms with van der Waals surface area (Å²) in [4.78, 5) is 22.6. The summed E-state index contributed by atoms with van der Waals surface area (Å²) in [6.07, 6.45) is -1.04. The molecular weight excluding hydrogens is 246 g/mol. The number of hydrogen-bond donors (Lipinski definition) is 3. The van der Waals surface area contributed by atoms with Gasteiger partial charge in [-0.3, -0.25) is 4.79 Å². The molecule has 0 spiro atoms. The molecule has 0 saturated carbocycles. The molecule has 0 aliphatic rings. The summed E-state index contributed by atoms with van der Waals surface area (Å²) in [5, 5.41) is 20.5. The lowest BCUT2D eigenvalue weighted by atomic mass is 10.0. The second kappa shape index (κ2) is 6.33. The number of carbonyl (C=O) groups is 2. The lowest BCUT2D eigenvalue weighted by Gasteiger charge is -2.17. The summed E-state index contributed by atoms with van der Waals surface area (Å²) in [6.45, 7) is 5.26. The van der Waals surface area contributed by atoms with Gasteiger partial charge in [0.25, 0.3) is 0 Å². The molecule has 0 aliphatic carbocycles. The third-order valence-corrected chi connectivity index (χ3v) is 3.00. The van der Waals surface area contributed by atoms with Crippen LogP contribution in [0.4, 0.5) is 0 Å². The Labute approximate surface area is 112 Å². The fourth-order valence-corrected chi connectivity index (χ4v) is 1.71. The van der Waals surface area contributed by atoms with Crippen LogP contribution in [0.5, 0.6) is 0 Å². The average molecular weight is 265 g/mol. The summed E-state index contributed by atoms with van der Waals surface area (Å²) >= 11 is 0. The Kier molecular flexibility index (Phi) is 5.06. The van der Waals surface area contributed by atoms with Crippen LogP contribution in [-0.4, -0.2) is 34.2 Å². The summed E-state index contributed by atoms with van der Waals surface area (Å²) in [6, 6.07) is 4.37. The van der Waals surface area contributed by atoms with Crippen molar-refractivity contribution in [1.29, 1.82) is 0 Å². The minimum absolute atomic E-state index is 0.0949. The summed E-state index contributed by atoms with van der Waals surface area (Å²) < 4.78 is 0. The highest BCUT2D eigenvalue weighted by atomic mass is 16.4. The van der Waals surface area contributed by atoms with Gasteiger partial charge in [-0.1, -0.05) is 18.2 Å². The number of aliphatic hydroxyl groups is 1. The number of aliphatic carboxylic acids is 1. The topological polar surface area (TPSA) is 86.6 Å². The number of carbonyl (C=O) groups excluding carboxylic acids is 1. The van der Waals surface area contributed by atoms with Gasteiger partial charge in [0, 0.05) is 0 Å². The molecule has 1 amide bonds. The Morgan fingerprint density at radius 1 is 1.26 bits per heavy atom. The molecule has 0 aliphatic heterocycles. The van der Waals surface area contributed by atoms with Gasteiger partial charge in [-0.05, 0) is 37.5 Å². The lowest BCUT2D eigenvalue weighted by molar-refractivity contribution is -0.144. The number of hydrogen-bond acceptors (Lipinski definition) is 3. The van der Waals surface area contributed by atoms with E-state index in [4.69, 9.17) is 5.11 Å². The molecule has 2 unspecified atom stereocenters. The Bertz CT molecular complexity index is 482. The van der Waals surface area contributed by atoms with Gasteiger partial charge in [0.15, 0.2) is 6.04 Å². The SMILES string of the molecule is Cc1ccc(CC(=O)NC(C(=O)O)C(C)O)cc1C. The number of carboxylic acids is 1. The zero-order valence-corrected chi connectivity index (χ0v) is 11.3. The number of benzene rings is 1. The maximum atomic E-state index is 11.7. The molecule has 3 N–H and O–H groups in total. The van der Waals surface area contributed by atoms with Crippen LogP contribution in [0.3, 0.4) is 0 Å². The first-order valence-electron chi connectivity index (χ1n) is 6.07. The normalized spacial score (nSPS) is 13.7. The van der Waals surface area contributed by atoms with Crippen LogP contribution in [-0.2, 0) is 16.0 Å². The van der Waals surface area contributed by atoms with Crippen molar-refractivity contribution in [2.45, 2.75) is 39.3 Å². The summed E-state index contributed by atoms with van der Waals surface area (Å²) in [7, 11) is 0. The molecule has 5 heteroatoms. The average Bonchev–Trinajstić information content (AvgIpc) is 2.30. The van der Waals surface area contributed by atoms with Gasteiger partial charge >= 0.3 is 5.97 Å². The Morgan fingerprint density at radius 3 is 2.37 bits per heavy atom. The van der Waals surface area contributed by atoms with Crippen molar-refractivity contribution in [3.8, 4) is 0 Å². The molecule has 1 rings (SSSR count). The van der Waals surface area contributed by atoms with Gasteiger partial charge in [0.05, 0.1) is 12.5 Å². The van der Waals surface area contributed by atoms with Gasteiger partial charge < -0.3 is 15.5 Å². The van der Waals surface area contributed by atoms with Crippen LogP contribution >= 0.6 is 0 Å². The second-order valence-electron chi connectivity index (χ2n) is 4.72. The van der Waals surface area contributed by atoms with Gasteiger partial charge in [-0.15, -0.1) is 0 Å². The van der Waals surface area contributed by atoms with E-state index in [2.05, 4.69) is 5.32 Å². The van der Waals surface area contributed by atoms with E-state index in [1.807, 2.05) is 32.0 Å². The van der Waals surface area contributed by atoms with E-state index in [-0.39, 0.29) is 6.42 Å². The first kappa shape index (κ1) is 15.2. The third kappa shape index (κ3) is 4.37. The monoisotopic (exact) mass is 265 g/mol. The molecule has 0 fully saturated rings. The molecule has 0 heterocycles. The van der Waals surface area contributed by atoms with Crippen LogP contribution in [0.15, 0.2) is 18.2 Å². The predicted octanol–water partition coefficient (Wildman–Crippen LogP) is 0.796. The largest absolute Gasteiger partial charge is 0.480 e. The molecule has 1 aromatic rings. The molecule has 1 aromatic carbocycles. The van der Waals surface area contributed by atoms with Gasteiger partial charge in [0.2, 0.25) is 5.91 Å². The van der Waals surface area contributed by atoms with E-state index in [1.165, 1.54) is 6.92 Å². The minimum Gasteiger partial charge on any atom is -0.480 e. The number of rotatable bonds is 5. The molecule has 0 bridgehead atoms. The number of nitrogens with one attached hydrogen (secondary N) is 1. The van der Waals surface area contributed by atoms with Crippen LogP contribution in [0, 0.1) is 13.8 Å². The van der Waals surface area contributed by atoms with Crippen LogP contribution in [0.2, 0.25) is 0 Å². The fourth-order valence-electron chi connectivity index (χ4n) is 1.71. The van der Waals surface area contributed by atoms with Crippen molar-refractivity contribution in [3.63, 3.8) is 0 Å². The maximum absolute atomic E-state index is 11.7. The van der Waals surface area contributed by atoms with E-state index in [1.54, 1.807) is 0 Å². The van der Waals surface area contributed by atoms with Crippen LogP contribution in [0.25, 0.3) is 0 Å². The first-order chi connectivity index (χ1) is 8.81. The van der Waals surface area contributed by atoms with E-state index >= 15 is 0 Å². The van der Waals surface area contributed by atoms with E-state index in [9.17, 15) is 14.7 Å². The van der Waals surface area contributed by atoms with Crippen molar-refractivity contribution in [2.24, 2.45) is 0 Å². The fraction of sp³-hybridized carbons (Fsp3) is 0.429. The molecule has 104 valence electrons. The quantitative estimate of drug-likeness (QED) is 0.735. The molecule has 0 aromatic heterocycles.